The fourth-order valence-corrected chi connectivity index (χ4v) is 6.88. The molecule has 0 saturated carbocycles. The van der Waals surface area contributed by atoms with Crippen molar-refractivity contribution in [2.45, 2.75) is 105 Å². The first kappa shape index (κ1) is 49.4. The number of fused-ring (bicyclic) bond motifs is 3. The van der Waals surface area contributed by atoms with Crippen molar-refractivity contribution in [2.24, 2.45) is 11.3 Å². The summed E-state index contributed by atoms with van der Waals surface area (Å²) in [7, 11) is 0. The first-order valence-corrected chi connectivity index (χ1v) is 19.5. The van der Waals surface area contributed by atoms with E-state index in [0.29, 0.717) is 25.7 Å². The molecule has 0 aromatic heterocycles. The summed E-state index contributed by atoms with van der Waals surface area (Å²) < 4.78 is 75.6. The molecule has 6 rings (SSSR count). The normalized spacial score (nSPS) is 14.8. The summed E-state index contributed by atoms with van der Waals surface area (Å²) in [5.41, 5.74) is 10.0. The number of benzene rings is 4. The van der Waals surface area contributed by atoms with Gasteiger partial charge in [-0.05, 0) is 28.4 Å². The van der Waals surface area contributed by atoms with Crippen LogP contribution < -0.4 is 24.8 Å². The van der Waals surface area contributed by atoms with Gasteiger partial charge in [-0.1, -0.05) is 111 Å². The molecule has 1 unspecified atom stereocenters. The zero-order chi connectivity index (χ0) is 40.4. The van der Waals surface area contributed by atoms with Crippen molar-refractivity contribution in [3.05, 3.63) is 153 Å². The average molecular weight is 891 g/mol. The molecule has 0 amide bonds. The predicted molar refractivity (Wildman–Crippen MR) is 206 cm³/mol. The summed E-state index contributed by atoms with van der Waals surface area (Å²) in [6.45, 7) is 22.5. The minimum atomic E-state index is -4.41. The molecule has 2 aliphatic rings. The summed E-state index contributed by atoms with van der Waals surface area (Å²) in [5, 5.41) is 0. The Labute approximate surface area is 357 Å². The van der Waals surface area contributed by atoms with Crippen LogP contribution in [0.15, 0.2) is 96.6 Å². The number of alkyl halides is 6. The van der Waals surface area contributed by atoms with Gasteiger partial charge in [0.25, 0.3) is 0 Å². The maximum absolute atomic E-state index is 12.5. The second-order valence-electron chi connectivity index (χ2n) is 17.0. The SMILES string of the molecule is CC(C)(C)c1[c-]c2c(cc1)-c1ccc(C(C)(C)C)cc1C2.CCC1[C-]=CC(C(C)(C)C)=C1.FC(F)(F)c1ccc([C](=[Zr+2])c2ccc(C(F)(F)F)cc2)cc1.[Cl-].[Cl-]. The fourth-order valence-electron chi connectivity index (χ4n) is 6.06. The smallest absolute Gasteiger partial charge is 1.00 e. The van der Waals surface area contributed by atoms with Gasteiger partial charge in [0, 0.05) is 0 Å². The van der Waals surface area contributed by atoms with Crippen molar-refractivity contribution in [1.29, 1.82) is 0 Å². The van der Waals surface area contributed by atoms with Crippen molar-refractivity contribution < 1.29 is 75.4 Å². The third-order valence-electron chi connectivity index (χ3n) is 9.61. The largest absolute Gasteiger partial charge is 1.00 e. The quantitative estimate of drug-likeness (QED) is 0.128. The van der Waals surface area contributed by atoms with Crippen LogP contribution in [0.4, 0.5) is 26.3 Å². The van der Waals surface area contributed by atoms with Gasteiger partial charge in [0.15, 0.2) is 0 Å². The van der Waals surface area contributed by atoms with Crippen LogP contribution in [0.3, 0.4) is 0 Å². The number of rotatable bonds is 3. The zero-order valence-corrected chi connectivity index (χ0v) is 37.6. The molecule has 0 saturated heterocycles. The molecule has 0 aliphatic heterocycles. The molecule has 0 heterocycles. The van der Waals surface area contributed by atoms with Gasteiger partial charge >= 0.3 is 137 Å². The van der Waals surface area contributed by atoms with Crippen LogP contribution in [0.2, 0.25) is 0 Å². The van der Waals surface area contributed by atoms with Gasteiger partial charge in [0.05, 0.1) is 0 Å². The Kier molecular flexibility index (Phi) is 16.7. The topological polar surface area (TPSA) is 0 Å². The molecule has 56 heavy (non-hydrogen) atoms. The summed E-state index contributed by atoms with van der Waals surface area (Å²) in [4.78, 5) is 0. The van der Waals surface area contributed by atoms with Gasteiger partial charge < -0.3 is 24.8 Å². The van der Waals surface area contributed by atoms with Crippen LogP contribution >= 0.6 is 0 Å². The van der Waals surface area contributed by atoms with Gasteiger partial charge in [0.1, 0.15) is 0 Å². The summed E-state index contributed by atoms with van der Waals surface area (Å²) >= 11 is 0.898. The monoisotopic (exact) mass is 888 g/mol. The van der Waals surface area contributed by atoms with Crippen LogP contribution in [-0.4, -0.2) is 3.21 Å². The van der Waals surface area contributed by atoms with Crippen LogP contribution in [-0.2, 0) is 53.8 Å². The molecule has 4 aromatic rings. The van der Waals surface area contributed by atoms with E-state index in [9.17, 15) is 26.3 Å². The van der Waals surface area contributed by atoms with E-state index in [1.807, 2.05) is 0 Å². The van der Waals surface area contributed by atoms with E-state index in [4.69, 9.17) is 0 Å². The third-order valence-corrected chi connectivity index (χ3v) is 11.0. The van der Waals surface area contributed by atoms with E-state index >= 15 is 0 Å². The van der Waals surface area contributed by atoms with Crippen molar-refractivity contribution in [3.8, 4) is 11.1 Å². The van der Waals surface area contributed by atoms with E-state index in [0.717, 1.165) is 54.9 Å². The van der Waals surface area contributed by atoms with Crippen LogP contribution in [0, 0.1) is 23.5 Å². The first-order chi connectivity index (χ1) is 24.8. The van der Waals surface area contributed by atoms with Gasteiger partial charge in [-0.25, -0.2) is 6.08 Å². The first-order valence-electron chi connectivity index (χ1n) is 18.2. The molecular weight excluding hydrogens is 841 g/mol. The molecule has 0 nitrogen and oxygen atoms in total. The summed E-state index contributed by atoms with van der Waals surface area (Å²) in [6.07, 6.45) is 1.21. The van der Waals surface area contributed by atoms with E-state index in [2.05, 4.69) is 124 Å². The van der Waals surface area contributed by atoms with Crippen molar-refractivity contribution in [3.63, 3.8) is 0 Å². The van der Waals surface area contributed by atoms with Gasteiger partial charge in [0.2, 0.25) is 0 Å². The molecule has 300 valence electrons. The van der Waals surface area contributed by atoms with E-state index in [1.54, 1.807) is 0 Å². The molecule has 4 aromatic carbocycles. The van der Waals surface area contributed by atoms with Crippen LogP contribution in [0.1, 0.15) is 120 Å². The van der Waals surface area contributed by atoms with Crippen LogP contribution in [0.5, 0.6) is 0 Å². The maximum atomic E-state index is 12.5. The number of hydrogen-bond donors (Lipinski definition) is 0. The Morgan fingerprint density at radius 3 is 1.46 bits per heavy atom. The molecule has 0 fully saturated rings. The minimum Gasteiger partial charge on any atom is -1.00 e. The number of halogens is 8. The Morgan fingerprint density at radius 1 is 0.625 bits per heavy atom. The molecule has 0 spiro atoms. The van der Waals surface area contributed by atoms with Gasteiger partial charge in [-0.2, -0.15) is 35.4 Å². The van der Waals surface area contributed by atoms with E-state index in [-0.39, 0.29) is 35.6 Å². The molecular formula is C47H50Cl2F6Zr-2. The Hall–Kier alpha value is -2.73. The van der Waals surface area contributed by atoms with E-state index in [1.165, 1.54) is 69.6 Å². The number of allylic oxidation sites excluding steroid dienone is 4. The molecule has 0 radical (unpaired) electrons. The Balaban J connectivity index is 0.000000300. The Morgan fingerprint density at radius 2 is 1.09 bits per heavy atom. The minimum absolute atomic E-state index is 0. The van der Waals surface area contributed by atoms with Gasteiger partial charge in [-0.15, -0.1) is 11.1 Å². The van der Waals surface area contributed by atoms with Crippen molar-refractivity contribution >= 4 is 3.21 Å². The third kappa shape index (κ3) is 12.9. The molecule has 0 N–H and O–H groups in total. The van der Waals surface area contributed by atoms with Crippen molar-refractivity contribution in [1.82, 2.24) is 0 Å². The van der Waals surface area contributed by atoms with Crippen molar-refractivity contribution in [2.75, 3.05) is 0 Å². The average Bonchev–Trinajstić information content (AvgIpc) is 3.72. The summed E-state index contributed by atoms with van der Waals surface area (Å²) in [5.74, 6) is 0.573. The fraction of sp³-hybridized carbons (Fsp3) is 0.383. The molecule has 9 heteroatoms. The van der Waals surface area contributed by atoms with Gasteiger partial charge in [-0.3, -0.25) is 6.08 Å². The second kappa shape index (κ2) is 18.9. The summed E-state index contributed by atoms with van der Waals surface area (Å²) in [6, 6.07) is 24.3. The van der Waals surface area contributed by atoms with Crippen LogP contribution in [0.25, 0.3) is 11.1 Å². The number of hydrogen-bond acceptors (Lipinski definition) is 0. The maximum Gasteiger partial charge on any atom is -1.00 e. The molecule has 1 atom stereocenters. The second-order valence-corrected chi connectivity index (χ2v) is 18.3. The molecule has 2 aliphatic carbocycles. The zero-order valence-electron chi connectivity index (χ0n) is 33.7. The standard InChI is InChI=1S/C21H25.C15H8F6.C11H17.2ClH.Zr/c1-20(2,3)16-7-9-18-14(12-16)11-15-13-17(21(4,5)6)8-10-19(15)18;16-14(17,18)12-5-1-10(2-6-12)9-11-3-7-13(8-4-11)15(19,20)21;1-5-9-6-7-10(8-9)11(2,3)4;;;/h7-10,12H,11H2,1-6H3;1-8H;7-9H,5H2,1-4H3;2*1H;/q-1;;-1;;;+2/p-2. The Bertz CT molecular complexity index is 1880. The molecule has 0 bridgehead atoms. The van der Waals surface area contributed by atoms with E-state index < -0.39 is 23.5 Å². The predicted octanol–water partition coefficient (Wildman–Crippen LogP) is 7.86.